The largest absolute Gasteiger partial charge is 0.443 e. The molecule has 0 atom stereocenters. The minimum atomic E-state index is 0.509. The number of nitrogens with zero attached hydrogens (tertiary/aromatic N) is 3. The van der Waals surface area contributed by atoms with Crippen LogP contribution < -0.4 is 5.73 Å². The highest BCUT2D eigenvalue weighted by molar-refractivity contribution is 5.65. The summed E-state index contributed by atoms with van der Waals surface area (Å²) >= 11 is 0. The van der Waals surface area contributed by atoms with Gasteiger partial charge in [-0.25, -0.2) is 4.98 Å². The van der Waals surface area contributed by atoms with Crippen LogP contribution in [0.1, 0.15) is 5.69 Å². The number of oxazole rings is 1. The zero-order chi connectivity index (χ0) is 9.42. The Hall–Kier alpha value is -1.78. The number of aryl methyl sites for hydroxylation is 2. The highest BCUT2D eigenvalue weighted by atomic mass is 16.3. The lowest BCUT2D eigenvalue weighted by Gasteiger charge is -1.96. The van der Waals surface area contributed by atoms with Crippen LogP contribution in [0.15, 0.2) is 16.9 Å². The zero-order valence-electron chi connectivity index (χ0n) is 7.48. The molecule has 13 heavy (non-hydrogen) atoms. The van der Waals surface area contributed by atoms with Crippen LogP contribution in [0, 0.1) is 6.92 Å². The van der Waals surface area contributed by atoms with E-state index in [1.165, 1.54) is 0 Å². The molecule has 2 N–H and O–H groups in total. The average molecular weight is 178 g/mol. The van der Waals surface area contributed by atoms with Crippen molar-refractivity contribution in [1.82, 2.24) is 14.8 Å². The molecule has 0 aliphatic carbocycles. The molecule has 5 heteroatoms. The SMILES string of the molecule is Cc1coc(-c2c(N)cnn2C)n1. The van der Waals surface area contributed by atoms with E-state index in [4.69, 9.17) is 10.2 Å². The number of hydrogen-bond donors (Lipinski definition) is 1. The van der Waals surface area contributed by atoms with Crippen LogP contribution in [0.2, 0.25) is 0 Å². The molecule has 2 rings (SSSR count). The van der Waals surface area contributed by atoms with Crippen molar-refractivity contribution in [3.8, 4) is 11.6 Å². The number of rotatable bonds is 1. The normalized spacial score (nSPS) is 10.6. The molecule has 68 valence electrons. The summed E-state index contributed by atoms with van der Waals surface area (Å²) < 4.78 is 6.86. The standard InChI is InChI=1S/C8H10N4O/c1-5-4-13-8(11-5)7-6(9)3-10-12(7)2/h3-4H,9H2,1-2H3. The molecule has 0 saturated carbocycles. The molecular weight excluding hydrogens is 168 g/mol. The van der Waals surface area contributed by atoms with Crippen LogP contribution in [-0.2, 0) is 7.05 Å². The zero-order valence-corrected chi connectivity index (χ0v) is 7.48. The monoisotopic (exact) mass is 178 g/mol. The average Bonchev–Trinajstić information content (AvgIpc) is 2.60. The van der Waals surface area contributed by atoms with E-state index in [9.17, 15) is 0 Å². The molecule has 0 aliphatic heterocycles. The molecule has 0 radical (unpaired) electrons. The lowest BCUT2D eigenvalue weighted by atomic mass is 10.4. The first-order valence-electron chi connectivity index (χ1n) is 3.88. The van der Waals surface area contributed by atoms with E-state index >= 15 is 0 Å². The van der Waals surface area contributed by atoms with Gasteiger partial charge in [0.15, 0.2) is 0 Å². The van der Waals surface area contributed by atoms with E-state index in [-0.39, 0.29) is 0 Å². The maximum atomic E-state index is 5.70. The fourth-order valence-electron chi connectivity index (χ4n) is 1.18. The van der Waals surface area contributed by atoms with E-state index in [0.717, 1.165) is 5.69 Å². The van der Waals surface area contributed by atoms with Crippen LogP contribution in [0.4, 0.5) is 5.69 Å². The number of anilines is 1. The summed E-state index contributed by atoms with van der Waals surface area (Å²) in [6, 6.07) is 0. The van der Waals surface area contributed by atoms with Crippen molar-refractivity contribution >= 4 is 5.69 Å². The van der Waals surface area contributed by atoms with Gasteiger partial charge < -0.3 is 10.2 Å². The van der Waals surface area contributed by atoms with E-state index in [1.807, 2.05) is 6.92 Å². The van der Waals surface area contributed by atoms with Crippen molar-refractivity contribution in [3.05, 3.63) is 18.2 Å². The first-order valence-corrected chi connectivity index (χ1v) is 3.88. The van der Waals surface area contributed by atoms with Crippen LogP contribution in [0.25, 0.3) is 11.6 Å². The van der Waals surface area contributed by atoms with Gasteiger partial charge in [-0.2, -0.15) is 5.10 Å². The minimum absolute atomic E-state index is 0.509. The van der Waals surface area contributed by atoms with Gasteiger partial charge in [-0.15, -0.1) is 0 Å². The molecule has 0 aromatic carbocycles. The van der Waals surface area contributed by atoms with Crippen molar-refractivity contribution in [3.63, 3.8) is 0 Å². The van der Waals surface area contributed by atoms with Gasteiger partial charge in [0.05, 0.1) is 17.6 Å². The van der Waals surface area contributed by atoms with Crippen LogP contribution in [-0.4, -0.2) is 14.8 Å². The molecule has 0 fully saturated rings. The summed E-state index contributed by atoms with van der Waals surface area (Å²) in [6.45, 7) is 1.86. The molecule has 2 heterocycles. The van der Waals surface area contributed by atoms with E-state index < -0.39 is 0 Å². The van der Waals surface area contributed by atoms with Gasteiger partial charge >= 0.3 is 0 Å². The summed E-state index contributed by atoms with van der Waals surface area (Å²) in [6.07, 6.45) is 3.16. The highest BCUT2D eigenvalue weighted by Gasteiger charge is 2.12. The predicted octanol–water partition coefficient (Wildman–Crippen LogP) is 0.966. The number of aromatic nitrogens is 3. The fraction of sp³-hybridized carbons (Fsp3) is 0.250. The van der Waals surface area contributed by atoms with Crippen molar-refractivity contribution in [1.29, 1.82) is 0 Å². The molecular formula is C8H10N4O. The molecule has 0 saturated heterocycles. The van der Waals surface area contributed by atoms with E-state index in [0.29, 0.717) is 17.3 Å². The van der Waals surface area contributed by atoms with Crippen molar-refractivity contribution in [2.24, 2.45) is 7.05 Å². The predicted molar refractivity (Wildman–Crippen MR) is 47.9 cm³/mol. The third kappa shape index (κ3) is 1.18. The van der Waals surface area contributed by atoms with Gasteiger partial charge in [0, 0.05) is 7.05 Å². The Morgan fingerprint density at radius 3 is 2.77 bits per heavy atom. The Kier molecular flexibility index (Phi) is 1.58. The first-order chi connectivity index (χ1) is 6.18. The first kappa shape index (κ1) is 7.85. The van der Waals surface area contributed by atoms with E-state index in [2.05, 4.69) is 10.1 Å². The number of hydrogen-bond acceptors (Lipinski definition) is 4. The van der Waals surface area contributed by atoms with Gasteiger partial charge in [0.1, 0.15) is 12.0 Å². The van der Waals surface area contributed by atoms with E-state index in [1.54, 1.807) is 24.2 Å². The van der Waals surface area contributed by atoms with Crippen molar-refractivity contribution in [2.75, 3.05) is 5.73 Å². The van der Waals surface area contributed by atoms with Crippen LogP contribution in [0.5, 0.6) is 0 Å². The summed E-state index contributed by atoms with van der Waals surface area (Å²) in [7, 11) is 1.80. The minimum Gasteiger partial charge on any atom is -0.443 e. The molecule has 2 aromatic heterocycles. The topological polar surface area (TPSA) is 69.9 Å². The maximum Gasteiger partial charge on any atom is 0.247 e. The Morgan fingerprint density at radius 2 is 2.31 bits per heavy atom. The summed E-state index contributed by atoms with van der Waals surface area (Å²) in [5, 5.41) is 3.99. The third-order valence-electron chi connectivity index (χ3n) is 1.79. The molecule has 0 spiro atoms. The second-order valence-corrected chi connectivity index (χ2v) is 2.87. The third-order valence-corrected chi connectivity index (χ3v) is 1.79. The lowest BCUT2D eigenvalue weighted by molar-refractivity contribution is 0.564. The molecule has 0 unspecified atom stereocenters. The van der Waals surface area contributed by atoms with Gasteiger partial charge in [-0.1, -0.05) is 0 Å². The maximum absolute atomic E-state index is 5.70. The van der Waals surface area contributed by atoms with Crippen molar-refractivity contribution < 1.29 is 4.42 Å². The Balaban J connectivity index is 2.57. The smallest absolute Gasteiger partial charge is 0.247 e. The Labute approximate surface area is 75.2 Å². The van der Waals surface area contributed by atoms with Crippen LogP contribution >= 0.6 is 0 Å². The fourth-order valence-corrected chi connectivity index (χ4v) is 1.18. The number of nitrogen functional groups attached to an aromatic ring is 1. The van der Waals surface area contributed by atoms with Gasteiger partial charge in [0.25, 0.3) is 0 Å². The molecule has 5 nitrogen and oxygen atoms in total. The van der Waals surface area contributed by atoms with Gasteiger partial charge in [-0.3, -0.25) is 4.68 Å². The Bertz CT molecular complexity index is 410. The summed E-state index contributed by atoms with van der Waals surface area (Å²) in [4.78, 5) is 4.17. The van der Waals surface area contributed by atoms with Crippen molar-refractivity contribution in [2.45, 2.75) is 6.92 Å². The number of nitrogens with two attached hydrogens (primary N) is 1. The van der Waals surface area contributed by atoms with Crippen LogP contribution in [0.3, 0.4) is 0 Å². The molecule has 0 aliphatic rings. The Morgan fingerprint density at radius 1 is 1.54 bits per heavy atom. The van der Waals surface area contributed by atoms with Gasteiger partial charge in [0.2, 0.25) is 5.89 Å². The summed E-state index contributed by atoms with van der Waals surface area (Å²) in [5.41, 5.74) is 7.82. The highest BCUT2D eigenvalue weighted by Crippen LogP contribution is 2.23. The van der Waals surface area contributed by atoms with Gasteiger partial charge in [-0.05, 0) is 6.92 Å². The summed E-state index contributed by atoms with van der Waals surface area (Å²) in [5.74, 6) is 0.509. The quantitative estimate of drug-likeness (QED) is 0.706. The molecule has 2 aromatic rings. The lowest BCUT2D eigenvalue weighted by Crippen LogP contribution is -1.95. The molecule has 0 bridgehead atoms. The second-order valence-electron chi connectivity index (χ2n) is 2.87. The second kappa shape index (κ2) is 2.62. The molecule has 0 amide bonds.